The van der Waals surface area contributed by atoms with E-state index in [0.717, 1.165) is 37.5 Å². The molecule has 0 saturated heterocycles. The van der Waals surface area contributed by atoms with E-state index in [9.17, 15) is 18.7 Å². The van der Waals surface area contributed by atoms with Crippen molar-refractivity contribution in [3.05, 3.63) is 47.3 Å². The molecule has 1 aliphatic carbocycles. The van der Waals surface area contributed by atoms with Crippen molar-refractivity contribution in [2.45, 2.75) is 50.4 Å². The first-order valence-corrected chi connectivity index (χ1v) is 9.55. The van der Waals surface area contributed by atoms with Gasteiger partial charge in [0.1, 0.15) is 29.8 Å². The van der Waals surface area contributed by atoms with Crippen molar-refractivity contribution in [1.29, 1.82) is 0 Å². The van der Waals surface area contributed by atoms with Gasteiger partial charge >= 0.3 is 0 Å². The van der Waals surface area contributed by atoms with Crippen LogP contribution in [0.1, 0.15) is 42.9 Å². The van der Waals surface area contributed by atoms with Gasteiger partial charge in [-0.2, -0.15) is 0 Å². The van der Waals surface area contributed by atoms with Gasteiger partial charge in [0.15, 0.2) is 5.82 Å². The molecule has 1 aliphatic heterocycles. The monoisotopic (exact) mass is 404 g/mol. The Balaban J connectivity index is 1.49. The fourth-order valence-electron chi connectivity index (χ4n) is 3.71. The second-order valence-electron chi connectivity index (χ2n) is 7.24. The number of anilines is 2. The van der Waals surface area contributed by atoms with E-state index in [1.54, 1.807) is 0 Å². The van der Waals surface area contributed by atoms with Gasteiger partial charge in [-0.25, -0.2) is 24.2 Å². The number of benzene rings is 1. The Morgan fingerprint density at radius 2 is 2.07 bits per heavy atom. The van der Waals surface area contributed by atoms with Gasteiger partial charge in [0.25, 0.3) is 0 Å². The lowest BCUT2D eigenvalue weighted by atomic mass is 9.92. The molecule has 1 aromatic heterocycles. The zero-order valence-corrected chi connectivity index (χ0v) is 15.6. The van der Waals surface area contributed by atoms with Crippen LogP contribution in [0.25, 0.3) is 0 Å². The lowest BCUT2D eigenvalue weighted by Gasteiger charge is -2.29. The number of hydrazine groups is 1. The van der Waals surface area contributed by atoms with E-state index in [0.29, 0.717) is 23.6 Å². The third-order valence-corrected chi connectivity index (χ3v) is 5.28. The van der Waals surface area contributed by atoms with Crippen molar-refractivity contribution in [3.63, 3.8) is 0 Å². The van der Waals surface area contributed by atoms with Gasteiger partial charge in [0, 0.05) is 12.1 Å². The molecule has 1 saturated carbocycles. The highest BCUT2D eigenvalue weighted by molar-refractivity contribution is 5.88. The molecule has 4 rings (SSSR count). The number of carbonyl (C=O) groups excluding carboxylic acids is 1. The van der Waals surface area contributed by atoms with Crippen LogP contribution in [0, 0.1) is 11.6 Å². The van der Waals surface area contributed by atoms with E-state index < -0.39 is 29.7 Å². The van der Waals surface area contributed by atoms with E-state index in [4.69, 9.17) is 0 Å². The minimum atomic E-state index is -0.828. The summed E-state index contributed by atoms with van der Waals surface area (Å²) in [6.07, 6.45) is 4.38. The molecular formula is C19H22F2N6O2. The number of nitrogens with zero attached hydrogens (tertiary/aromatic N) is 2. The Hall–Kier alpha value is -2.85. The molecule has 1 unspecified atom stereocenters. The van der Waals surface area contributed by atoms with Crippen molar-refractivity contribution < 1.29 is 18.7 Å². The molecule has 10 heteroatoms. The number of fused-ring (bicyclic) bond motifs is 1. The van der Waals surface area contributed by atoms with Gasteiger partial charge in [-0.05, 0) is 31.0 Å². The molecule has 2 aromatic rings. The van der Waals surface area contributed by atoms with E-state index in [2.05, 4.69) is 31.5 Å². The van der Waals surface area contributed by atoms with Gasteiger partial charge in [0.2, 0.25) is 5.91 Å². The summed E-state index contributed by atoms with van der Waals surface area (Å²) in [4.78, 5) is 21.1. The van der Waals surface area contributed by atoms with Crippen LogP contribution in [0.4, 0.5) is 20.4 Å². The first-order chi connectivity index (χ1) is 14.0. The summed E-state index contributed by atoms with van der Waals surface area (Å²) in [5.41, 5.74) is 6.25. The first kappa shape index (κ1) is 19.5. The highest BCUT2D eigenvalue weighted by Gasteiger charge is 2.34. The molecule has 5 N–H and O–H groups in total. The number of halogens is 2. The Morgan fingerprint density at radius 3 is 2.90 bits per heavy atom. The number of carbonyl (C=O) groups is 1. The third-order valence-electron chi connectivity index (χ3n) is 5.28. The average molecular weight is 404 g/mol. The molecule has 0 bridgehead atoms. The second kappa shape index (κ2) is 8.26. The Labute approximate surface area is 166 Å². The van der Waals surface area contributed by atoms with Crippen molar-refractivity contribution in [2.24, 2.45) is 0 Å². The molecule has 2 aliphatic rings. The van der Waals surface area contributed by atoms with Crippen molar-refractivity contribution >= 4 is 17.5 Å². The summed E-state index contributed by atoms with van der Waals surface area (Å²) in [6, 6.07) is 2.10. The quantitative estimate of drug-likeness (QED) is 0.516. The first-order valence-electron chi connectivity index (χ1n) is 9.55. The predicted octanol–water partition coefficient (Wildman–Crippen LogP) is 1.76. The normalized spacial score (nSPS) is 23.2. The van der Waals surface area contributed by atoms with Crippen molar-refractivity contribution in [1.82, 2.24) is 20.7 Å². The standard InChI is InChI=1S/C19H22F2N6O2/c20-11-5-6-12(21)10(7-11)8-22-19(29)16-15-17(23-9-24-18(15)27-26-16)25-13-3-1-2-4-14(13)28/h5-7,9,13-14,16,26,28H,1-4,8H2,(H,22,29)(H2,23,24,25,27)/t13-,14-,16?/m1/s1. The zero-order valence-electron chi connectivity index (χ0n) is 15.6. The van der Waals surface area contributed by atoms with Gasteiger partial charge in [0.05, 0.1) is 17.7 Å². The molecule has 3 atom stereocenters. The lowest BCUT2D eigenvalue weighted by Crippen LogP contribution is -2.38. The fraction of sp³-hybridized carbons (Fsp3) is 0.421. The van der Waals surface area contributed by atoms with Crippen LogP contribution in [-0.4, -0.2) is 33.1 Å². The van der Waals surface area contributed by atoms with E-state index >= 15 is 0 Å². The van der Waals surface area contributed by atoms with Crippen LogP contribution in [0.2, 0.25) is 0 Å². The van der Waals surface area contributed by atoms with Crippen LogP contribution >= 0.6 is 0 Å². The molecule has 1 fully saturated rings. The van der Waals surface area contributed by atoms with Gasteiger partial charge < -0.3 is 21.2 Å². The van der Waals surface area contributed by atoms with Gasteiger partial charge in [-0.1, -0.05) is 12.8 Å². The molecule has 8 nitrogen and oxygen atoms in total. The van der Waals surface area contributed by atoms with E-state index in [-0.39, 0.29) is 18.2 Å². The SMILES string of the molecule is O=C(NCc1cc(F)ccc1F)C1NNc2ncnc(N[C@@H]3CCCC[C@H]3O)c21. The molecule has 1 amide bonds. The Bertz CT molecular complexity index is 912. The maximum absolute atomic E-state index is 13.8. The maximum atomic E-state index is 13.8. The van der Waals surface area contributed by atoms with Gasteiger partial charge in [-0.3, -0.25) is 4.79 Å². The average Bonchev–Trinajstić information content (AvgIpc) is 3.15. The number of nitrogens with one attached hydrogen (secondary N) is 4. The van der Waals surface area contributed by atoms with Crippen LogP contribution in [0.5, 0.6) is 0 Å². The maximum Gasteiger partial charge on any atom is 0.244 e. The van der Waals surface area contributed by atoms with Crippen molar-refractivity contribution in [2.75, 3.05) is 10.7 Å². The van der Waals surface area contributed by atoms with E-state index in [1.807, 2.05) is 0 Å². The summed E-state index contributed by atoms with van der Waals surface area (Å²) in [6.45, 7) is -0.159. The largest absolute Gasteiger partial charge is 0.391 e. The summed E-state index contributed by atoms with van der Waals surface area (Å²) in [5, 5.41) is 16.1. The number of hydrogen-bond acceptors (Lipinski definition) is 7. The summed E-state index contributed by atoms with van der Waals surface area (Å²) in [5.74, 6) is -0.712. The summed E-state index contributed by atoms with van der Waals surface area (Å²) < 4.78 is 27.1. The van der Waals surface area contributed by atoms with Crippen molar-refractivity contribution in [3.8, 4) is 0 Å². The van der Waals surface area contributed by atoms with Crippen LogP contribution in [0.3, 0.4) is 0 Å². The van der Waals surface area contributed by atoms with Crippen LogP contribution in [-0.2, 0) is 11.3 Å². The van der Waals surface area contributed by atoms with Crippen LogP contribution in [0.15, 0.2) is 24.5 Å². The summed E-state index contributed by atoms with van der Waals surface area (Å²) in [7, 11) is 0. The van der Waals surface area contributed by atoms with Gasteiger partial charge in [-0.15, -0.1) is 0 Å². The fourth-order valence-corrected chi connectivity index (χ4v) is 3.71. The third kappa shape index (κ3) is 4.13. The molecular weight excluding hydrogens is 382 g/mol. The molecule has 29 heavy (non-hydrogen) atoms. The number of aromatic nitrogens is 2. The smallest absolute Gasteiger partial charge is 0.244 e. The predicted molar refractivity (Wildman–Crippen MR) is 102 cm³/mol. The lowest BCUT2D eigenvalue weighted by molar-refractivity contribution is -0.123. The Kier molecular flexibility index (Phi) is 5.54. The minimum absolute atomic E-state index is 0.0533. The summed E-state index contributed by atoms with van der Waals surface area (Å²) >= 11 is 0. The second-order valence-corrected chi connectivity index (χ2v) is 7.24. The number of aliphatic hydroxyl groups is 1. The highest BCUT2D eigenvalue weighted by atomic mass is 19.1. The minimum Gasteiger partial charge on any atom is -0.391 e. The highest BCUT2D eigenvalue weighted by Crippen LogP contribution is 2.33. The molecule has 2 heterocycles. The molecule has 154 valence electrons. The number of aliphatic hydroxyl groups excluding tert-OH is 1. The van der Waals surface area contributed by atoms with E-state index in [1.165, 1.54) is 6.33 Å². The Morgan fingerprint density at radius 1 is 1.24 bits per heavy atom. The molecule has 0 radical (unpaired) electrons. The number of hydrogen-bond donors (Lipinski definition) is 5. The topological polar surface area (TPSA) is 111 Å². The van der Waals surface area contributed by atoms with Crippen LogP contribution < -0.4 is 21.5 Å². The number of amides is 1. The number of rotatable bonds is 5. The molecule has 0 spiro atoms. The molecule has 1 aromatic carbocycles. The zero-order chi connectivity index (χ0) is 20.4.